The van der Waals surface area contributed by atoms with Crippen molar-refractivity contribution in [3.8, 4) is 5.75 Å². The zero-order valence-electron chi connectivity index (χ0n) is 12.9. The first-order valence-electron chi connectivity index (χ1n) is 7.73. The fourth-order valence-corrected chi connectivity index (χ4v) is 3.02. The maximum absolute atomic E-state index is 6.05. The monoisotopic (exact) mass is 281 g/mol. The molecule has 0 aromatic heterocycles. The highest BCUT2D eigenvalue weighted by Gasteiger charge is 2.12. The minimum absolute atomic E-state index is 0.0133. The lowest BCUT2D eigenvalue weighted by atomic mass is 10.1. The topological polar surface area (TPSA) is 35.2 Å². The summed E-state index contributed by atoms with van der Waals surface area (Å²) in [6.07, 6.45) is 3.72. The average molecular weight is 281 g/mol. The minimum atomic E-state index is -0.0133. The Labute approximate surface area is 126 Å². The fourth-order valence-electron chi connectivity index (χ4n) is 3.02. The number of rotatable bonds is 4. The molecule has 0 saturated heterocycles. The molecule has 3 rings (SSSR count). The van der Waals surface area contributed by atoms with Crippen LogP contribution in [-0.4, -0.2) is 0 Å². The molecule has 0 radical (unpaired) electrons. The molecule has 1 atom stereocenters. The largest absolute Gasteiger partial charge is 0.489 e. The van der Waals surface area contributed by atoms with Crippen LogP contribution >= 0.6 is 0 Å². The third-order valence-corrected chi connectivity index (χ3v) is 4.22. The van der Waals surface area contributed by atoms with Crippen LogP contribution in [0.15, 0.2) is 36.4 Å². The van der Waals surface area contributed by atoms with Crippen LogP contribution in [-0.2, 0) is 19.4 Å². The molecule has 0 amide bonds. The van der Waals surface area contributed by atoms with Gasteiger partial charge in [0, 0.05) is 11.6 Å². The van der Waals surface area contributed by atoms with E-state index in [0.717, 1.165) is 11.3 Å². The molecule has 1 aliphatic carbocycles. The van der Waals surface area contributed by atoms with Gasteiger partial charge in [0.25, 0.3) is 0 Å². The predicted octanol–water partition coefficient (Wildman–Crippen LogP) is 4.08. The van der Waals surface area contributed by atoms with Crippen LogP contribution in [0.2, 0.25) is 0 Å². The molecule has 0 heterocycles. The van der Waals surface area contributed by atoms with E-state index < -0.39 is 0 Å². The number of benzene rings is 2. The molecular weight excluding hydrogens is 258 g/mol. The molecule has 2 heteroatoms. The maximum atomic E-state index is 6.05. The maximum Gasteiger partial charge on any atom is 0.124 e. The van der Waals surface area contributed by atoms with Crippen LogP contribution in [0.4, 0.5) is 0 Å². The van der Waals surface area contributed by atoms with E-state index in [1.54, 1.807) is 0 Å². The van der Waals surface area contributed by atoms with Crippen molar-refractivity contribution in [3.63, 3.8) is 0 Å². The molecule has 1 aliphatic rings. The van der Waals surface area contributed by atoms with Crippen LogP contribution < -0.4 is 10.5 Å². The van der Waals surface area contributed by atoms with Gasteiger partial charge in [0.1, 0.15) is 12.4 Å². The van der Waals surface area contributed by atoms with Gasteiger partial charge < -0.3 is 10.5 Å². The molecule has 0 unspecified atom stereocenters. The highest BCUT2D eigenvalue weighted by atomic mass is 16.5. The Balaban J connectivity index is 1.77. The second-order valence-electron chi connectivity index (χ2n) is 6.08. The molecule has 0 spiro atoms. The van der Waals surface area contributed by atoms with Crippen molar-refractivity contribution in [1.82, 2.24) is 0 Å². The van der Waals surface area contributed by atoms with Crippen molar-refractivity contribution in [1.29, 1.82) is 0 Å². The summed E-state index contributed by atoms with van der Waals surface area (Å²) in [5.74, 6) is 0.908. The summed E-state index contributed by atoms with van der Waals surface area (Å²) in [4.78, 5) is 0. The van der Waals surface area contributed by atoms with Gasteiger partial charge >= 0.3 is 0 Å². The van der Waals surface area contributed by atoms with Gasteiger partial charge in [-0.05, 0) is 61.4 Å². The third-order valence-electron chi connectivity index (χ3n) is 4.22. The SMILES string of the molecule is Cc1ccc([C@@H](C)N)c(OCc2ccc3c(c2)CCC3)c1. The quantitative estimate of drug-likeness (QED) is 0.916. The van der Waals surface area contributed by atoms with Crippen molar-refractivity contribution >= 4 is 0 Å². The Kier molecular flexibility index (Phi) is 3.98. The van der Waals surface area contributed by atoms with Crippen LogP contribution in [0.25, 0.3) is 0 Å². The summed E-state index contributed by atoms with van der Waals surface area (Å²) in [5.41, 5.74) is 12.5. The lowest BCUT2D eigenvalue weighted by Gasteiger charge is -2.15. The fraction of sp³-hybridized carbons (Fsp3) is 0.368. The molecule has 0 bridgehead atoms. The zero-order chi connectivity index (χ0) is 14.8. The molecule has 21 heavy (non-hydrogen) atoms. The van der Waals surface area contributed by atoms with E-state index in [-0.39, 0.29) is 6.04 Å². The van der Waals surface area contributed by atoms with Gasteiger partial charge in [0.2, 0.25) is 0 Å². The van der Waals surface area contributed by atoms with E-state index in [1.807, 2.05) is 6.92 Å². The lowest BCUT2D eigenvalue weighted by Crippen LogP contribution is -2.08. The number of aryl methyl sites for hydroxylation is 3. The Bertz CT molecular complexity index is 646. The van der Waals surface area contributed by atoms with Crippen LogP contribution in [0.3, 0.4) is 0 Å². The molecule has 0 fully saturated rings. The molecule has 0 aliphatic heterocycles. The van der Waals surface area contributed by atoms with Gasteiger partial charge in [0.05, 0.1) is 0 Å². The van der Waals surface area contributed by atoms with E-state index in [2.05, 4.69) is 43.3 Å². The summed E-state index contributed by atoms with van der Waals surface area (Å²) in [6, 6.07) is 12.9. The number of hydrogen-bond donors (Lipinski definition) is 1. The van der Waals surface area contributed by atoms with Gasteiger partial charge in [-0.3, -0.25) is 0 Å². The molecule has 2 aromatic rings. The summed E-state index contributed by atoms with van der Waals surface area (Å²) >= 11 is 0. The lowest BCUT2D eigenvalue weighted by molar-refractivity contribution is 0.301. The summed E-state index contributed by atoms with van der Waals surface area (Å²) < 4.78 is 6.05. The number of nitrogens with two attached hydrogens (primary N) is 1. The van der Waals surface area contributed by atoms with Gasteiger partial charge in [0.15, 0.2) is 0 Å². The number of fused-ring (bicyclic) bond motifs is 1. The second-order valence-corrected chi connectivity index (χ2v) is 6.08. The van der Waals surface area contributed by atoms with E-state index in [0.29, 0.717) is 6.61 Å². The zero-order valence-corrected chi connectivity index (χ0v) is 12.9. The Morgan fingerprint density at radius 2 is 1.90 bits per heavy atom. The molecule has 2 N–H and O–H groups in total. The smallest absolute Gasteiger partial charge is 0.124 e. The highest BCUT2D eigenvalue weighted by molar-refractivity contribution is 5.40. The molecule has 2 aromatic carbocycles. The minimum Gasteiger partial charge on any atom is -0.489 e. The number of ether oxygens (including phenoxy) is 1. The summed E-state index contributed by atoms with van der Waals surface area (Å²) in [6.45, 7) is 4.68. The van der Waals surface area contributed by atoms with Crippen LogP contribution in [0.1, 0.15) is 47.2 Å². The molecular formula is C19H23NO. The molecule has 110 valence electrons. The summed E-state index contributed by atoms with van der Waals surface area (Å²) in [7, 11) is 0. The molecule has 0 saturated carbocycles. The second kappa shape index (κ2) is 5.90. The first kappa shape index (κ1) is 14.2. The van der Waals surface area contributed by atoms with Crippen LogP contribution in [0, 0.1) is 6.92 Å². The number of hydrogen-bond acceptors (Lipinski definition) is 2. The van der Waals surface area contributed by atoms with Gasteiger partial charge in [-0.2, -0.15) is 0 Å². The van der Waals surface area contributed by atoms with Gasteiger partial charge in [-0.25, -0.2) is 0 Å². The normalized spacial score (nSPS) is 14.8. The Hall–Kier alpha value is -1.80. The van der Waals surface area contributed by atoms with E-state index in [1.165, 1.54) is 41.5 Å². The molecule has 2 nitrogen and oxygen atoms in total. The average Bonchev–Trinajstić information content (AvgIpc) is 2.92. The third kappa shape index (κ3) is 3.11. The van der Waals surface area contributed by atoms with Crippen LogP contribution in [0.5, 0.6) is 5.75 Å². The predicted molar refractivity (Wildman–Crippen MR) is 86.6 cm³/mol. The van der Waals surface area contributed by atoms with Crippen molar-refractivity contribution in [2.45, 2.75) is 45.8 Å². The van der Waals surface area contributed by atoms with Crippen molar-refractivity contribution in [3.05, 3.63) is 64.2 Å². The van der Waals surface area contributed by atoms with E-state index >= 15 is 0 Å². The van der Waals surface area contributed by atoms with Crippen molar-refractivity contribution < 1.29 is 4.74 Å². The highest BCUT2D eigenvalue weighted by Crippen LogP contribution is 2.27. The standard InChI is InChI=1S/C19H23NO/c1-13-6-9-18(14(2)20)19(10-13)21-12-15-7-8-16-4-3-5-17(16)11-15/h6-11,14H,3-5,12,20H2,1-2H3/t14-/m1/s1. The van der Waals surface area contributed by atoms with E-state index in [9.17, 15) is 0 Å². The van der Waals surface area contributed by atoms with Crippen molar-refractivity contribution in [2.75, 3.05) is 0 Å². The summed E-state index contributed by atoms with van der Waals surface area (Å²) in [5, 5.41) is 0. The first-order valence-corrected chi connectivity index (χ1v) is 7.73. The Morgan fingerprint density at radius 1 is 1.10 bits per heavy atom. The van der Waals surface area contributed by atoms with Crippen molar-refractivity contribution in [2.24, 2.45) is 5.73 Å². The first-order chi connectivity index (χ1) is 10.1. The van der Waals surface area contributed by atoms with Gasteiger partial charge in [-0.15, -0.1) is 0 Å². The van der Waals surface area contributed by atoms with Gasteiger partial charge in [-0.1, -0.05) is 30.3 Å². The Morgan fingerprint density at radius 3 is 2.71 bits per heavy atom. The van der Waals surface area contributed by atoms with E-state index in [4.69, 9.17) is 10.5 Å².